The first-order chi connectivity index (χ1) is 15.1. The average molecular weight is 419 g/mol. The largest absolute Gasteiger partial charge is 0.392 e. The number of aliphatic hydroxyl groups excluding tert-OH is 1. The third-order valence-electron chi connectivity index (χ3n) is 5.10. The summed E-state index contributed by atoms with van der Waals surface area (Å²) in [6.45, 7) is 1.93. The van der Waals surface area contributed by atoms with Crippen molar-refractivity contribution in [2.45, 2.75) is 32.4 Å². The second-order valence-electron chi connectivity index (χ2n) is 7.25. The van der Waals surface area contributed by atoms with Crippen LogP contribution < -0.4 is 5.32 Å². The SMILES string of the molecule is CCCC(NC(=O)c1cncc2c1cnn2-c1ccc(F)cc1)c1cncc(CO)c1. The fraction of sp³-hybridized carbons (Fsp3) is 0.217. The van der Waals surface area contributed by atoms with Crippen LogP contribution in [0.2, 0.25) is 0 Å². The van der Waals surface area contributed by atoms with Gasteiger partial charge in [0.1, 0.15) is 5.82 Å². The predicted molar refractivity (Wildman–Crippen MR) is 114 cm³/mol. The summed E-state index contributed by atoms with van der Waals surface area (Å²) in [5, 5.41) is 17.5. The first-order valence-corrected chi connectivity index (χ1v) is 10.0. The number of halogens is 1. The predicted octanol–water partition coefficient (Wildman–Crippen LogP) is 3.72. The van der Waals surface area contributed by atoms with Crippen molar-refractivity contribution in [3.05, 3.63) is 83.8 Å². The smallest absolute Gasteiger partial charge is 0.254 e. The van der Waals surface area contributed by atoms with Gasteiger partial charge in [-0.1, -0.05) is 13.3 Å². The van der Waals surface area contributed by atoms with Crippen molar-refractivity contribution in [1.82, 2.24) is 25.1 Å². The quantitative estimate of drug-likeness (QED) is 0.476. The lowest BCUT2D eigenvalue weighted by atomic mass is 10.0. The molecule has 3 aromatic heterocycles. The monoisotopic (exact) mass is 419 g/mol. The first-order valence-electron chi connectivity index (χ1n) is 10.0. The lowest BCUT2D eigenvalue weighted by molar-refractivity contribution is 0.0935. The number of nitrogens with one attached hydrogen (secondary N) is 1. The number of hydrogen-bond donors (Lipinski definition) is 2. The Hall–Kier alpha value is -3.65. The van der Waals surface area contributed by atoms with E-state index < -0.39 is 0 Å². The lowest BCUT2D eigenvalue weighted by Gasteiger charge is -2.19. The summed E-state index contributed by atoms with van der Waals surface area (Å²) < 4.78 is 14.9. The lowest BCUT2D eigenvalue weighted by Crippen LogP contribution is -2.29. The topological polar surface area (TPSA) is 92.9 Å². The van der Waals surface area contributed by atoms with Gasteiger partial charge in [0, 0.05) is 24.0 Å². The number of benzene rings is 1. The molecule has 0 aliphatic rings. The molecule has 158 valence electrons. The van der Waals surface area contributed by atoms with E-state index in [4.69, 9.17) is 0 Å². The third-order valence-corrected chi connectivity index (χ3v) is 5.10. The number of hydrogen-bond acceptors (Lipinski definition) is 5. The normalized spacial score (nSPS) is 12.1. The molecule has 0 radical (unpaired) electrons. The van der Waals surface area contributed by atoms with Crippen LogP contribution >= 0.6 is 0 Å². The zero-order chi connectivity index (χ0) is 21.8. The Morgan fingerprint density at radius 2 is 1.90 bits per heavy atom. The molecular formula is C23H22FN5O2. The highest BCUT2D eigenvalue weighted by molar-refractivity contribution is 6.06. The maximum absolute atomic E-state index is 13.3. The van der Waals surface area contributed by atoms with Crippen molar-refractivity contribution < 1.29 is 14.3 Å². The van der Waals surface area contributed by atoms with Crippen molar-refractivity contribution in [3.63, 3.8) is 0 Å². The van der Waals surface area contributed by atoms with E-state index >= 15 is 0 Å². The zero-order valence-corrected chi connectivity index (χ0v) is 17.0. The van der Waals surface area contributed by atoms with Crippen LogP contribution in [0.1, 0.15) is 47.3 Å². The number of nitrogens with zero attached hydrogens (tertiary/aromatic N) is 4. The zero-order valence-electron chi connectivity index (χ0n) is 17.0. The Balaban J connectivity index is 1.66. The maximum atomic E-state index is 13.3. The van der Waals surface area contributed by atoms with Gasteiger partial charge in [-0.05, 0) is 47.9 Å². The second kappa shape index (κ2) is 9.01. The fourth-order valence-corrected chi connectivity index (χ4v) is 3.54. The fourth-order valence-electron chi connectivity index (χ4n) is 3.54. The van der Waals surface area contributed by atoms with Gasteiger partial charge in [0.05, 0.1) is 41.8 Å². The highest BCUT2D eigenvalue weighted by Gasteiger charge is 2.19. The number of carbonyl (C=O) groups excluding carboxylic acids is 1. The molecular weight excluding hydrogens is 397 g/mol. The summed E-state index contributed by atoms with van der Waals surface area (Å²) in [5.74, 6) is -0.607. The first kappa shape index (κ1) is 20.6. The van der Waals surface area contributed by atoms with Crippen LogP contribution in [-0.2, 0) is 6.61 Å². The standard InChI is InChI=1S/C23H22FN5O2/c1-2-3-21(16-8-15(14-30)9-25-10-16)28-23(31)20-11-26-13-22-19(20)12-27-29(22)18-6-4-17(24)5-7-18/h4-13,21,30H,2-3,14H2,1H3,(H,28,31). The van der Waals surface area contributed by atoms with E-state index in [0.717, 1.165) is 18.4 Å². The Morgan fingerprint density at radius 3 is 2.65 bits per heavy atom. The Kier molecular flexibility index (Phi) is 5.99. The highest BCUT2D eigenvalue weighted by atomic mass is 19.1. The summed E-state index contributed by atoms with van der Waals surface area (Å²) >= 11 is 0. The maximum Gasteiger partial charge on any atom is 0.254 e. The van der Waals surface area contributed by atoms with Crippen LogP contribution in [0.5, 0.6) is 0 Å². The Bertz CT molecular complexity index is 1210. The van der Waals surface area contributed by atoms with Crippen LogP contribution in [0.3, 0.4) is 0 Å². The van der Waals surface area contributed by atoms with Gasteiger partial charge in [-0.2, -0.15) is 5.10 Å². The van der Waals surface area contributed by atoms with Crippen molar-refractivity contribution in [1.29, 1.82) is 0 Å². The summed E-state index contributed by atoms with van der Waals surface area (Å²) in [4.78, 5) is 21.5. The van der Waals surface area contributed by atoms with Crippen molar-refractivity contribution >= 4 is 16.8 Å². The number of carbonyl (C=O) groups is 1. The molecule has 0 saturated carbocycles. The van der Waals surface area contributed by atoms with E-state index in [2.05, 4.69) is 20.4 Å². The minimum Gasteiger partial charge on any atom is -0.392 e. The van der Waals surface area contributed by atoms with Gasteiger partial charge in [-0.25, -0.2) is 9.07 Å². The van der Waals surface area contributed by atoms with Crippen LogP contribution in [-0.4, -0.2) is 30.8 Å². The molecule has 1 aromatic carbocycles. The second-order valence-corrected chi connectivity index (χ2v) is 7.25. The molecule has 31 heavy (non-hydrogen) atoms. The molecule has 8 heteroatoms. The number of pyridine rings is 2. The molecule has 0 saturated heterocycles. The highest BCUT2D eigenvalue weighted by Crippen LogP contribution is 2.23. The Morgan fingerprint density at radius 1 is 1.13 bits per heavy atom. The molecule has 0 bridgehead atoms. The number of aromatic nitrogens is 4. The molecule has 0 aliphatic carbocycles. The summed E-state index contributed by atoms with van der Waals surface area (Å²) in [7, 11) is 0. The van der Waals surface area contributed by atoms with Gasteiger partial charge in [0.15, 0.2) is 0 Å². The van der Waals surface area contributed by atoms with Gasteiger partial charge < -0.3 is 10.4 Å². The van der Waals surface area contributed by atoms with Gasteiger partial charge in [0.25, 0.3) is 5.91 Å². The van der Waals surface area contributed by atoms with E-state index in [1.54, 1.807) is 41.6 Å². The number of fused-ring (bicyclic) bond motifs is 1. The third kappa shape index (κ3) is 4.29. The van der Waals surface area contributed by atoms with Crippen LogP contribution in [0.15, 0.2) is 61.3 Å². The van der Waals surface area contributed by atoms with Gasteiger partial charge >= 0.3 is 0 Å². The summed E-state index contributed by atoms with van der Waals surface area (Å²) in [6.07, 6.45) is 9.63. The van der Waals surface area contributed by atoms with E-state index in [-0.39, 0.29) is 24.4 Å². The number of amides is 1. The van der Waals surface area contributed by atoms with Crippen molar-refractivity contribution in [3.8, 4) is 5.69 Å². The molecule has 2 N–H and O–H groups in total. The van der Waals surface area contributed by atoms with Crippen molar-refractivity contribution in [2.24, 2.45) is 0 Å². The number of aliphatic hydroxyl groups is 1. The van der Waals surface area contributed by atoms with E-state index in [9.17, 15) is 14.3 Å². The molecule has 7 nitrogen and oxygen atoms in total. The summed E-state index contributed by atoms with van der Waals surface area (Å²) in [6, 6.07) is 7.55. The number of rotatable bonds is 7. The molecule has 1 unspecified atom stereocenters. The van der Waals surface area contributed by atoms with E-state index in [0.29, 0.717) is 27.7 Å². The van der Waals surface area contributed by atoms with Crippen LogP contribution in [0.4, 0.5) is 4.39 Å². The molecule has 4 rings (SSSR count). The van der Waals surface area contributed by atoms with Crippen LogP contribution in [0, 0.1) is 5.82 Å². The molecule has 0 fully saturated rings. The minimum atomic E-state index is -0.333. The molecule has 1 amide bonds. The molecule has 0 spiro atoms. The average Bonchev–Trinajstić information content (AvgIpc) is 3.23. The van der Waals surface area contributed by atoms with Crippen LogP contribution in [0.25, 0.3) is 16.6 Å². The molecule has 4 aromatic rings. The van der Waals surface area contributed by atoms with Gasteiger partial charge in [-0.15, -0.1) is 0 Å². The molecule has 0 aliphatic heterocycles. The van der Waals surface area contributed by atoms with Crippen molar-refractivity contribution in [2.75, 3.05) is 0 Å². The minimum absolute atomic E-state index is 0.112. The molecule has 1 atom stereocenters. The Labute approximate surface area is 178 Å². The van der Waals surface area contributed by atoms with E-state index in [1.807, 2.05) is 13.0 Å². The summed E-state index contributed by atoms with van der Waals surface area (Å²) in [5.41, 5.74) is 3.25. The van der Waals surface area contributed by atoms with Gasteiger partial charge in [0.2, 0.25) is 0 Å². The molecule has 3 heterocycles. The van der Waals surface area contributed by atoms with Gasteiger partial charge in [-0.3, -0.25) is 14.8 Å². The van der Waals surface area contributed by atoms with E-state index in [1.165, 1.54) is 18.3 Å².